The molecular weight excluding hydrogens is 172 g/mol. The van der Waals surface area contributed by atoms with Crippen molar-refractivity contribution in [2.24, 2.45) is 0 Å². The van der Waals surface area contributed by atoms with Gasteiger partial charge in [-0.15, -0.1) is 0 Å². The Morgan fingerprint density at radius 2 is 1.93 bits per heavy atom. The van der Waals surface area contributed by atoms with Crippen LogP contribution in [0, 0.1) is 0 Å². The molecule has 3 rings (SSSR count). The van der Waals surface area contributed by atoms with E-state index in [1.807, 2.05) is 0 Å². The SMILES string of the molecule is CC(C)N1CC2(CCCN2C2CC2)C1. The Morgan fingerprint density at radius 3 is 2.50 bits per heavy atom. The Hall–Kier alpha value is -0.0800. The topological polar surface area (TPSA) is 6.48 Å². The molecule has 2 nitrogen and oxygen atoms in total. The molecule has 0 radical (unpaired) electrons. The summed E-state index contributed by atoms with van der Waals surface area (Å²) in [7, 11) is 0. The molecule has 0 unspecified atom stereocenters. The van der Waals surface area contributed by atoms with Crippen LogP contribution in [0.15, 0.2) is 0 Å². The maximum atomic E-state index is 2.84. The van der Waals surface area contributed by atoms with Crippen LogP contribution in [0.5, 0.6) is 0 Å². The van der Waals surface area contributed by atoms with Crippen LogP contribution in [0.4, 0.5) is 0 Å². The van der Waals surface area contributed by atoms with Crippen LogP contribution < -0.4 is 0 Å². The van der Waals surface area contributed by atoms with Crippen LogP contribution in [0.25, 0.3) is 0 Å². The first-order chi connectivity index (χ1) is 6.71. The number of rotatable bonds is 2. The number of hydrogen-bond acceptors (Lipinski definition) is 2. The normalized spacial score (nSPS) is 32.8. The van der Waals surface area contributed by atoms with Crippen molar-refractivity contribution in [1.29, 1.82) is 0 Å². The molecule has 2 heteroatoms. The Balaban J connectivity index is 1.67. The lowest BCUT2D eigenvalue weighted by Gasteiger charge is -2.55. The molecular formula is C12H22N2. The van der Waals surface area contributed by atoms with Crippen molar-refractivity contribution in [3.05, 3.63) is 0 Å². The summed E-state index contributed by atoms with van der Waals surface area (Å²) in [4.78, 5) is 5.46. The first-order valence-electron chi connectivity index (χ1n) is 6.22. The highest BCUT2D eigenvalue weighted by Crippen LogP contribution is 2.44. The Kier molecular flexibility index (Phi) is 1.94. The van der Waals surface area contributed by atoms with E-state index < -0.39 is 0 Å². The molecule has 0 amide bonds. The summed E-state index contributed by atoms with van der Waals surface area (Å²) in [6, 6.07) is 1.73. The van der Waals surface area contributed by atoms with Gasteiger partial charge >= 0.3 is 0 Å². The summed E-state index contributed by atoms with van der Waals surface area (Å²) < 4.78 is 0. The highest BCUT2D eigenvalue weighted by atomic mass is 15.4. The van der Waals surface area contributed by atoms with E-state index in [4.69, 9.17) is 0 Å². The molecule has 2 heterocycles. The van der Waals surface area contributed by atoms with E-state index in [1.165, 1.54) is 45.3 Å². The van der Waals surface area contributed by atoms with Crippen LogP contribution in [0.3, 0.4) is 0 Å². The maximum absolute atomic E-state index is 2.84. The third-order valence-electron chi connectivity index (χ3n) is 4.36. The van der Waals surface area contributed by atoms with Crippen molar-refractivity contribution in [3.63, 3.8) is 0 Å². The third-order valence-corrected chi connectivity index (χ3v) is 4.36. The molecule has 0 aromatic rings. The van der Waals surface area contributed by atoms with Gasteiger partial charge in [0.1, 0.15) is 0 Å². The van der Waals surface area contributed by atoms with Crippen LogP contribution >= 0.6 is 0 Å². The van der Waals surface area contributed by atoms with Crippen molar-refractivity contribution in [2.75, 3.05) is 19.6 Å². The van der Waals surface area contributed by atoms with Gasteiger partial charge in [0.15, 0.2) is 0 Å². The average molecular weight is 194 g/mol. The molecule has 0 bridgehead atoms. The smallest absolute Gasteiger partial charge is 0.0466 e. The predicted octanol–water partition coefficient (Wildman–Crippen LogP) is 1.71. The Labute approximate surface area is 87.3 Å². The molecule has 0 aromatic heterocycles. The van der Waals surface area contributed by atoms with Crippen molar-refractivity contribution >= 4 is 0 Å². The molecule has 3 fully saturated rings. The van der Waals surface area contributed by atoms with Gasteiger partial charge in [0.2, 0.25) is 0 Å². The van der Waals surface area contributed by atoms with E-state index >= 15 is 0 Å². The van der Waals surface area contributed by atoms with Crippen LogP contribution in [-0.2, 0) is 0 Å². The summed E-state index contributed by atoms with van der Waals surface area (Å²) in [5, 5.41) is 0. The fraction of sp³-hybridized carbons (Fsp3) is 1.00. The lowest BCUT2D eigenvalue weighted by molar-refractivity contribution is -0.0497. The van der Waals surface area contributed by atoms with Gasteiger partial charge in [-0.05, 0) is 46.1 Å². The second kappa shape index (κ2) is 2.96. The predicted molar refractivity (Wildman–Crippen MR) is 58.4 cm³/mol. The minimum absolute atomic E-state index is 0.630. The van der Waals surface area contributed by atoms with Gasteiger partial charge in [-0.25, -0.2) is 0 Å². The van der Waals surface area contributed by atoms with Crippen molar-refractivity contribution in [1.82, 2.24) is 9.80 Å². The van der Waals surface area contributed by atoms with Crippen LogP contribution in [-0.4, -0.2) is 47.1 Å². The second-order valence-electron chi connectivity index (χ2n) is 5.75. The molecule has 0 aromatic carbocycles. The summed E-state index contributed by atoms with van der Waals surface area (Å²) >= 11 is 0. The molecule has 3 aliphatic rings. The highest BCUT2D eigenvalue weighted by Gasteiger charge is 2.54. The van der Waals surface area contributed by atoms with Gasteiger partial charge in [0.25, 0.3) is 0 Å². The second-order valence-corrected chi connectivity index (χ2v) is 5.75. The Bertz CT molecular complexity index is 226. The van der Waals surface area contributed by atoms with E-state index in [1.54, 1.807) is 0 Å². The van der Waals surface area contributed by atoms with Gasteiger partial charge in [0, 0.05) is 30.7 Å². The molecule has 2 aliphatic heterocycles. The van der Waals surface area contributed by atoms with Gasteiger partial charge in [-0.3, -0.25) is 9.80 Å². The monoisotopic (exact) mass is 194 g/mol. The fourth-order valence-corrected chi connectivity index (χ4v) is 3.33. The van der Waals surface area contributed by atoms with Crippen molar-refractivity contribution in [3.8, 4) is 0 Å². The largest absolute Gasteiger partial charge is 0.297 e. The molecule has 1 spiro atoms. The third kappa shape index (κ3) is 1.24. The summed E-state index contributed by atoms with van der Waals surface area (Å²) in [6.07, 6.45) is 5.86. The summed E-state index contributed by atoms with van der Waals surface area (Å²) in [6.45, 7) is 8.73. The van der Waals surface area contributed by atoms with E-state index in [2.05, 4.69) is 23.6 Å². The summed E-state index contributed by atoms with van der Waals surface area (Å²) in [5.41, 5.74) is 0.630. The average Bonchev–Trinajstić information content (AvgIpc) is 2.80. The summed E-state index contributed by atoms with van der Waals surface area (Å²) in [5.74, 6) is 0. The minimum atomic E-state index is 0.630. The van der Waals surface area contributed by atoms with Crippen molar-refractivity contribution < 1.29 is 0 Å². The van der Waals surface area contributed by atoms with E-state index in [9.17, 15) is 0 Å². The van der Waals surface area contributed by atoms with Gasteiger partial charge in [-0.2, -0.15) is 0 Å². The molecule has 2 saturated heterocycles. The number of hydrogen-bond donors (Lipinski definition) is 0. The van der Waals surface area contributed by atoms with Gasteiger partial charge in [-0.1, -0.05) is 0 Å². The molecule has 80 valence electrons. The van der Waals surface area contributed by atoms with E-state index in [0.29, 0.717) is 5.54 Å². The van der Waals surface area contributed by atoms with Gasteiger partial charge < -0.3 is 0 Å². The molecule has 0 atom stereocenters. The first-order valence-corrected chi connectivity index (χ1v) is 6.22. The molecule has 14 heavy (non-hydrogen) atoms. The molecule has 0 N–H and O–H groups in total. The van der Waals surface area contributed by atoms with Crippen LogP contribution in [0.1, 0.15) is 39.5 Å². The maximum Gasteiger partial charge on any atom is 0.0466 e. The Morgan fingerprint density at radius 1 is 1.21 bits per heavy atom. The lowest BCUT2D eigenvalue weighted by Crippen LogP contribution is -2.69. The highest BCUT2D eigenvalue weighted by molar-refractivity contribution is 5.11. The van der Waals surface area contributed by atoms with E-state index in [0.717, 1.165) is 12.1 Å². The zero-order chi connectivity index (χ0) is 9.76. The zero-order valence-corrected chi connectivity index (χ0v) is 9.50. The minimum Gasteiger partial charge on any atom is -0.297 e. The number of likely N-dealkylation sites (tertiary alicyclic amines) is 2. The molecule has 1 saturated carbocycles. The fourth-order valence-electron chi connectivity index (χ4n) is 3.33. The van der Waals surface area contributed by atoms with E-state index in [-0.39, 0.29) is 0 Å². The quantitative estimate of drug-likeness (QED) is 0.660. The molecule has 1 aliphatic carbocycles. The van der Waals surface area contributed by atoms with Crippen molar-refractivity contribution in [2.45, 2.75) is 57.2 Å². The lowest BCUT2D eigenvalue weighted by atomic mass is 9.85. The zero-order valence-electron chi connectivity index (χ0n) is 9.50. The standard InChI is InChI=1S/C12H22N2/c1-10(2)13-8-12(9-13)6-3-7-14(12)11-4-5-11/h10-11H,3-9H2,1-2H3. The van der Waals surface area contributed by atoms with Gasteiger partial charge in [0.05, 0.1) is 0 Å². The number of nitrogens with zero attached hydrogens (tertiary/aromatic N) is 2. The first kappa shape index (κ1) is 9.17. The van der Waals surface area contributed by atoms with Crippen LogP contribution in [0.2, 0.25) is 0 Å².